The second kappa shape index (κ2) is 13.9. The summed E-state index contributed by atoms with van der Waals surface area (Å²) in [5.41, 5.74) is 6.35. The summed E-state index contributed by atoms with van der Waals surface area (Å²) in [5, 5.41) is 29.9. The van der Waals surface area contributed by atoms with Crippen LogP contribution in [-0.2, 0) is 36.8 Å². The Hall–Kier alpha value is -4.46. The summed E-state index contributed by atoms with van der Waals surface area (Å²) in [5.74, 6) is -3.90. The van der Waals surface area contributed by atoms with Crippen molar-refractivity contribution >= 4 is 29.6 Å². The van der Waals surface area contributed by atoms with E-state index in [1.54, 1.807) is 12.1 Å². The van der Waals surface area contributed by atoms with E-state index in [0.717, 1.165) is 6.42 Å². The maximum absolute atomic E-state index is 13.4. The highest BCUT2D eigenvalue weighted by Gasteiger charge is 2.32. The number of rotatable bonds is 14. The van der Waals surface area contributed by atoms with Crippen molar-refractivity contribution in [3.63, 3.8) is 0 Å². The predicted octanol–water partition coefficient (Wildman–Crippen LogP) is -1.54. The number of amides is 4. The molecule has 1 fully saturated rings. The van der Waals surface area contributed by atoms with E-state index < -0.39 is 47.9 Å². The lowest BCUT2D eigenvalue weighted by molar-refractivity contribution is -0.142. The number of hydrogen-bond acceptors (Lipinski definition) is 8. The number of hydrogen-bond donors (Lipinski definition) is 8. The summed E-state index contributed by atoms with van der Waals surface area (Å²) in [6, 6.07) is 1.86. The molecular formula is C25H33N7O7. The molecule has 9 N–H and O–H groups in total. The van der Waals surface area contributed by atoms with E-state index in [4.69, 9.17) is 5.73 Å². The third kappa shape index (κ3) is 9.10. The Balaban J connectivity index is 1.76. The average molecular weight is 544 g/mol. The van der Waals surface area contributed by atoms with Crippen molar-refractivity contribution in [2.45, 2.75) is 62.7 Å². The van der Waals surface area contributed by atoms with Gasteiger partial charge in [-0.15, -0.1) is 0 Å². The zero-order valence-electron chi connectivity index (χ0n) is 21.2. The molecule has 2 aromatic rings. The van der Waals surface area contributed by atoms with E-state index >= 15 is 0 Å². The van der Waals surface area contributed by atoms with E-state index in [-0.39, 0.29) is 37.3 Å². The fraction of sp³-hybridized carbons (Fsp3) is 0.440. The molecule has 1 aliphatic heterocycles. The van der Waals surface area contributed by atoms with Crippen molar-refractivity contribution in [1.82, 2.24) is 31.2 Å². The molecule has 0 bridgehead atoms. The Kier molecular flexibility index (Phi) is 10.4. The highest BCUT2D eigenvalue weighted by molar-refractivity contribution is 5.94. The topological polar surface area (TPSA) is 229 Å². The fourth-order valence-corrected chi connectivity index (χ4v) is 4.17. The Morgan fingerprint density at radius 3 is 2.28 bits per heavy atom. The van der Waals surface area contributed by atoms with Crippen molar-refractivity contribution in [3.8, 4) is 5.75 Å². The van der Waals surface area contributed by atoms with Gasteiger partial charge in [0.1, 0.15) is 23.9 Å². The number of benzene rings is 1. The number of aromatic amines is 1. The molecule has 1 aliphatic rings. The van der Waals surface area contributed by atoms with Crippen LogP contribution in [0.4, 0.5) is 0 Å². The minimum Gasteiger partial charge on any atom is -0.508 e. The van der Waals surface area contributed by atoms with Crippen LogP contribution in [0.3, 0.4) is 0 Å². The van der Waals surface area contributed by atoms with Crippen LogP contribution in [0.15, 0.2) is 36.8 Å². The lowest BCUT2D eigenvalue weighted by Crippen LogP contribution is -2.57. The Labute approximate surface area is 224 Å². The molecule has 0 saturated carbocycles. The predicted molar refractivity (Wildman–Crippen MR) is 137 cm³/mol. The first-order valence-corrected chi connectivity index (χ1v) is 12.5. The minimum atomic E-state index is -1.34. The summed E-state index contributed by atoms with van der Waals surface area (Å²) in [7, 11) is 0. The number of H-pyrrole nitrogens is 1. The van der Waals surface area contributed by atoms with Gasteiger partial charge in [-0.3, -0.25) is 19.2 Å². The number of carboxylic acid groups (broad SMARTS) is 1. The van der Waals surface area contributed by atoms with Crippen LogP contribution in [0, 0.1) is 0 Å². The second-order valence-corrected chi connectivity index (χ2v) is 9.33. The fourth-order valence-electron chi connectivity index (χ4n) is 4.17. The van der Waals surface area contributed by atoms with Crippen LogP contribution in [0.25, 0.3) is 0 Å². The maximum Gasteiger partial charge on any atom is 0.326 e. The Morgan fingerprint density at radius 2 is 1.69 bits per heavy atom. The number of nitrogens with zero attached hydrogens (tertiary/aromatic N) is 1. The first-order valence-electron chi connectivity index (χ1n) is 12.5. The van der Waals surface area contributed by atoms with Gasteiger partial charge in [0.2, 0.25) is 23.6 Å². The number of aromatic hydroxyl groups is 1. The van der Waals surface area contributed by atoms with Crippen molar-refractivity contribution < 1.29 is 34.2 Å². The van der Waals surface area contributed by atoms with Crippen LogP contribution in [0.2, 0.25) is 0 Å². The number of carbonyl (C=O) groups excluding carboxylic acids is 4. The third-order valence-electron chi connectivity index (χ3n) is 6.29. The molecule has 2 heterocycles. The standard InChI is InChI=1S/C25H33N7O7/c26-21(34)8-7-18(23(36)32-20(25(38)39)11-15-12-27-13-29-15)30-24(37)19(10-14-3-5-16(33)6-4-14)31-22(35)17-2-1-9-28-17/h3-6,12-13,17-20,28,33H,1-2,7-11H2,(H2,26,34)(H,27,29)(H,30,37)(H,31,35)(H,32,36)(H,38,39). The van der Waals surface area contributed by atoms with Crippen LogP contribution in [-0.4, -0.2) is 80.5 Å². The molecule has 14 heteroatoms. The summed E-state index contributed by atoms with van der Waals surface area (Å²) < 4.78 is 0. The van der Waals surface area contributed by atoms with Gasteiger partial charge in [0.05, 0.1) is 12.4 Å². The first-order chi connectivity index (χ1) is 18.6. The van der Waals surface area contributed by atoms with Crippen LogP contribution in [0.5, 0.6) is 5.75 Å². The summed E-state index contributed by atoms with van der Waals surface area (Å²) >= 11 is 0. The smallest absolute Gasteiger partial charge is 0.326 e. The van der Waals surface area contributed by atoms with Crippen LogP contribution >= 0.6 is 0 Å². The third-order valence-corrected chi connectivity index (χ3v) is 6.29. The zero-order chi connectivity index (χ0) is 28.4. The number of nitrogens with one attached hydrogen (secondary N) is 5. The molecule has 3 rings (SSSR count). The lowest BCUT2D eigenvalue weighted by Gasteiger charge is -2.25. The molecule has 14 nitrogen and oxygen atoms in total. The van der Waals surface area contributed by atoms with Gasteiger partial charge in [-0.05, 0) is 43.5 Å². The minimum absolute atomic E-state index is 0.0326. The molecule has 4 amide bonds. The zero-order valence-corrected chi connectivity index (χ0v) is 21.2. The highest BCUT2D eigenvalue weighted by Crippen LogP contribution is 2.13. The lowest BCUT2D eigenvalue weighted by atomic mass is 10.0. The van der Waals surface area contributed by atoms with E-state index in [2.05, 4.69) is 31.2 Å². The van der Waals surface area contributed by atoms with Gasteiger partial charge < -0.3 is 42.2 Å². The van der Waals surface area contributed by atoms with Crippen molar-refractivity contribution in [1.29, 1.82) is 0 Å². The highest BCUT2D eigenvalue weighted by atomic mass is 16.4. The molecule has 1 aromatic heterocycles. The van der Waals surface area contributed by atoms with Gasteiger partial charge in [-0.1, -0.05) is 12.1 Å². The average Bonchev–Trinajstić information content (AvgIpc) is 3.61. The number of nitrogens with two attached hydrogens (primary N) is 1. The normalized spacial score (nSPS) is 17.0. The van der Waals surface area contributed by atoms with Gasteiger partial charge in [-0.25, -0.2) is 9.78 Å². The number of aliphatic carboxylic acids is 1. The van der Waals surface area contributed by atoms with Gasteiger partial charge in [0.25, 0.3) is 0 Å². The molecule has 39 heavy (non-hydrogen) atoms. The van der Waals surface area contributed by atoms with Crippen LogP contribution in [0.1, 0.15) is 36.9 Å². The summed E-state index contributed by atoms with van der Waals surface area (Å²) in [6.07, 6.45) is 3.73. The van der Waals surface area contributed by atoms with Crippen molar-refractivity contribution in [2.75, 3.05) is 6.54 Å². The number of carboxylic acids is 1. The van der Waals surface area contributed by atoms with Gasteiger partial charge >= 0.3 is 5.97 Å². The molecule has 0 aliphatic carbocycles. The molecule has 1 saturated heterocycles. The number of phenolic OH excluding ortho intramolecular Hbond substituents is 1. The molecule has 0 radical (unpaired) electrons. The molecular weight excluding hydrogens is 510 g/mol. The monoisotopic (exact) mass is 543 g/mol. The summed E-state index contributed by atoms with van der Waals surface area (Å²) in [6.45, 7) is 0.672. The molecule has 0 spiro atoms. The molecule has 4 unspecified atom stereocenters. The molecule has 1 aromatic carbocycles. The molecule has 210 valence electrons. The SMILES string of the molecule is NC(=O)CCC(NC(=O)C(Cc1ccc(O)cc1)NC(=O)C1CCCN1)C(=O)NC(Cc1cnc[nH]1)C(=O)O. The van der Waals surface area contributed by atoms with Crippen LogP contribution < -0.4 is 27.0 Å². The molecule has 4 atom stereocenters. The number of primary amides is 1. The number of imidazole rings is 1. The van der Waals surface area contributed by atoms with Crippen molar-refractivity contribution in [3.05, 3.63) is 48.0 Å². The van der Waals surface area contributed by atoms with Gasteiger partial charge in [0, 0.05) is 31.2 Å². The summed E-state index contributed by atoms with van der Waals surface area (Å²) in [4.78, 5) is 69.1. The van der Waals surface area contributed by atoms with Gasteiger partial charge in [0.15, 0.2) is 0 Å². The quantitative estimate of drug-likeness (QED) is 0.138. The number of phenols is 1. The van der Waals surface area contributed by atoms with Gasteiger partial charge in [-0.2, -0.15) is 0 Å². The maximum atomic E-state index is 13.4. The second-order valence-electron chi connectivity index (χ2n) is 9.33. The Morgan fingerprint density at radius 1 is 1.00 bits per heavy atom. The number of aromatic nitrogens is 2. The van der Waals surface area contributed by atoms with E-state index in [9.17, 15) is 34.2 Å². The number of carbonyl (C=O) groups is 5. The Bertz CT molecular complexity index is 1150. The van der Waals surface area contributed by atoms with E-state index in [1.165, 1.54) is 24.7 Å². The first kappa shape index (κ1) is 29.1. The largest absolute Gasteiger partial charge is 0.508 e. The van der Waals surface area contributed by atoms with E-state index in [0.29, 0.717) is 24.2 Å². The van der Waals surface area contributed by atoms with Crippen molar-refractivity contribution in [2.24, 2.45) is 5.73 Å². The van der Waals surface area contributed by atoms with E-state index in [1.807, 2.05) is 0 Å².